The second-order valence-corrected chi connectivity index (χ2v) is 4.89. The van der Waals surface area contributed by atoms with Gasteiger partial charge in [0.1, 0.15) is 0 Å². The minimum atomic E-state index is 0.470. The van der Waals surface area contributed by atoms with E-state index in [1.54, 1.807) is 6.07 Å². The Balaban J connectivity index is 1.98. The summed E-state index contributed by atoms with van der Waals surface area (Å²) in [6.45, 7) is 0.581. The third-order valence-electron chi connectivity index (χ3n) is 3.52. The first kappa shape index (κ1) is 12.6. The van der Waals surface area contributed by atoms with E-state index < -0.39 is 0 Å². The monoisotopic (exact) mass is 241 g/mol. The summed E-state index contributed by atoms with van der Waals surface area (Å²) >= 11 is 0. The van der Waals surface area contributed by atoms with Crippen LogP contribution in [0, 0.1) is 17.2 Å². The summed E-state index contributed by atoms with van der Waals surface area (Å²) in [5.41, 5.74) is 7.78. The molecule has 2 rings (SSSR count). The summed E-state index contributed by atoms with van der Waals surface area (Å²) in [4.78, 5) is 4.48. The van der Waals surface area contributed by atoms with E-state index in [-0.39, 0.29) is 0 Å². The first-order valence-corrected chi connectivity index (χ1v) is 6.58. The van der Waals surface area contributed by atoms with E-state index in [1.807, 2.05) is 18.2 Å². The molecule has 1 aromatic carbocycles. The molecule has 0 unspecified atom stereocenters. The van der Waals surface area contributed by atoms with E-state index in [0.29, 0.717) is 18.0 Å². The van der Waals surface area contributed by atoms with Crippen LogP contribution in [0.15, 0.2) is 29.3 Å². The van der Waals surface area contributed by atoms with Gasteiger partial charge in [-0.25, -0.2) is 0 Å². The van der Waals surface area contributed by atoms with E-state index in [1.165, 1.54) is 32.1 Å². The van der Waals surface area contributed by atoms with E-state index in [9.17, 15) is 0 Å². The molecule has 1 aromatic rings. The number of nitrogens with two attached hydrogens (primary N) is 1. The molecule has 0 radical (unpaired) electrons. The lowest BCUT2D eigenvalue weighted by Crippen LogP contribution is -2.25. The van der Waals surface area contributed by atoms with Crippen LogP contribution in [0.25, 0.3) is 0 Å². The summed E-state index contributed by atoms with van der Waals surface area (Å²) in [5.74, 6) is 1.26. The van der Waals surface area contributed by atoms with Crippen LogP contribution in [0.1, 0.15) is 43.2 Å². The summed E-state index contributed by atoms with van der Waals surface area (Å²) in [7, 11) is 0. The average Bonchev–Trinajstić information content (AvgIpc) is 2.46. The van der Waals surface area contributed by atoms with Crippen molar-refractivity contribution in [3.63, 3.8) is 0 Å². The van der Waals surface area contributed by atoms with Gasteiger partial charge >= 0.3 is 0 Å². The predicted molar refractivity (Wildman–Crippen MR) is 73.1 cm³/mol. The van der Waals surface area contributed by atoms with Gasteiger partial charge < -0.3 is 5.73 Å². The number of hydrogen-bond acceptors (Lipinski definition) is 2. The highest BCUT2D eigenvalue weighted by Gasteiger charge is 2.16. The minimum absolute atomic E-state index is 0.470. The van der Waals surface area contributed by atoms with Crippen molar-refractivity contribution in [1.29, 1.82) is 5.26 Å². The van der Waals surface area contributed by atoms with E-state index >= 15 is 0 Å². The second kappa shape index (κ2) is 6.20. The van der Waals surface area contributed by atoms with Gasteiger partial charge in [0.2, 0.25) is 0 Å². The normalized spacial score (nSPS) is 17.4. The van der Waals surface area contributed by atoms with Crippen LogP contribution in [0.4, 0.5) is 0 Å². The molecule has 0 heterocycles. The number of benzene rings is 1. The molecular formula is C15H19N3. The molecule has 2 N–H and O–H groups in total. The third kappa shape index (κ3) is 3.33. The molecule has 1 saturated carbocycles. The molecular weight excluding hydrogens is 222 g/mol. The lowest BCUT2D eigenvalue weighted by Gasteiger charge is -2.20. The number of aliphatic imine (C=N–C) groups is 1. The fraction of sp³-hybridized carbons (Fsp3) is 0.467. The summed E-state index contributed by atoms with van der Waals surface area (Å²) < 4.78 is 0. The first-order valence-electron chi connectivity index (χ1n) is 6.58. The lowest BCUT2D eigenvalue weighted by molar-refractivity contribution is 0.436. The van der Waals surface area contributed by atoms with Crippen molar-refractivity contribution in [2.45, 2.75) is 38.6 Å². The van der Waals surface area contributed by atoms with E-state index in [2.05, 4.69) is 11.1 Å². The van der Waals surface area contributed by atoms with Crippen molar-refractivity contribution in [1.82, 2.24) is 0 Å². The maximum atomic E-state index is 8.83. The Morgan fingerprint density at radius 2 is 2.11 bits per heavy atom. The third-order valence-corrected chi connectivity index (χ3v) is 3.52. The molecule has 0 spiro atoms. The van der Waals surface area contributed by atoms with Gasteiger partial charge in [0.25, 0.3) is 0 Å². The molecule has 18 heavy (non-hydrogen) atoms. The highest BCUT2D eigenvalue weighted by Crippen LogP contribution is 2.23. The van der Waals surface area contributed by atoms with E-state index in [0.717, 1.165) is 11.4 Å². The molecule has 94 valence electrons. The Morgan fingerprint density at radius 1 is 1.33 bits per heavy atom. The molecule has 0 bridgehead atoms. The van der Waals surface area contributed by atoms with Crippen LogP contribution in [0.3, 0.4) is 0 Å². The molecule has 1 fully saturated rings. The number of hydrogen-bond donors (Lipinski definition) is 1. The van der Waals surface area contributed by atoms with Gasteiger partial charge in [-0.05, 0) is 30.5 Å². The van der Waals surface area contributed by atoms with Gasteiger partial charge in [-0.1, -0.05) is 31.4 Å². The zero-order valence-corrected chi connectivity index (χ0v) is 10.6. The van der Waals surface area contributed by atoms with Crippen LogP contribution in [-0.4, -0.2) is 5.84 Å². The Hall–Kier alpha value is -1.82. The van der Waals surface area contributed by atoms with Gasteiger partial charge in [-0.2, -0.15) is 5.26 Å². The fourth-order valence-corrected chi connectivity index (χ4v) is 2.45. The maximum Gasteiger partial charge on any atom is 0.0991 e. The SMILES string of the molecule is N#Cc1cccc(CN=C(N)C2CCCCC2)c1. The van der Waals surface area contributed by atoms with Gasteiger partial charge in [0.15, 0.2) is 0 Å². The molecule has 1 aliphatic rings. The Bertz CT molecular complexity index is 465. The smallest absolute Gasteiger partial charge is 0.0991 e. The van der Waals surface area contributed by atoms with Crippen molar-refractivity contribution < 1.29 is 0 Å². The number of amidine groups is 1. The number of nitriles is 1. The van der Waals surface area contributed by atoms with Gasteiger partial charge in [0.05, 0.1) is 24.0 Å². The summed E-state index contributed by atoms with van der Waals surface area (Å²) in [6.07, 6.45) is 6.21. The zero-order chi connectivity index (χ0) is 12.8. The zero-order valence-electron chi connectivity index (χ0n) is 10.6. The standard InChI is InChI=1S/C15H19N3/c16-10-12-5-4-6-13(9-12)11-18-15(17)14-7-2-1-3-8-14/h4-6,9,14H,1-3,7-8,11H2,(H2,17,18). The molecule has 0 aromatic heterocycles. The van der Waals surface area contributed by atoms with Crippen LogP contribution in [0.5, 0.6) is 0 Å². The quantitative estimate of drug-likeness (QED) is 0.653. The van der Waals surface area contributed by atoms with Crippen molar-refractivity contribution in [2.75, 3.05) is 0 Å². The Kier molecular flexibility index (Phi) is 4.35. The summed E-state index contributed by atoms with van der Waals surface area (Å²) in [5, 5.41) is 8.83. The van der Waals surface area contributed by atoms with Crippen molar-refractivity contribution in [3.05, 3.63) is 35.4 Å². The molecule has 0 aliphatic heterocycles. The van der Waals surface area contributed by atoms with Gasteiger partial charge in [-0.3, -0.25) is 4.99 Å². The van der Waals surface area contributed by atoms with Crippen molar-refractivity contribution in [2.24, 2.45) is 16.6 Å². The highest BCUT2D eigenvalue weighted by molar-refractivity contribution is 5.82. The molecule has 0 saturated heterocycles. The summed E-state index contributed by atoms with van der Waals surface area (Å²) in [6, 6.07) is 9.69. The van der Waals surface area contributed by atoms with Crippen LogP contribution < -0.4 is 5.73 Å². The van der Waals surface area contributed by atoms with Gasteiger partial charge in [0, 0.05) is 5.92 Å². The molecule has 0 amide bonds. The molecule has 3 heteroatoms. The fourth-order valence-electron chi connectivity index (χ4n) is 2.45. The topological polar surface area (TPSA) is 62.2 Å². The minimum Gasteiger partial charge on any atom is -0.387 e. The molecule has 0 atom stereocenters. The number of rotatable bonds is 3. The Morgan fingerprint density at radius 3 is 2.83 bits per heavy atom. The van der Waals surface area contributed by atoms with E-state index in [4.69, 9.17) is 11.0 Å². The molecule has 1 aliphatic carbocycles. The van der Waals surface area contributed by atoms with Crippen LogP contribution in [0.2, 0.25) is 0 Å². The second-order valence-electron chi connectivity index (χ2n) is 4.89. The largest absolute Gasteiger partial charge is 0.387 e. The maximum absolute atomic E-state index is 8.83. The first-order chi connectivity index (χ1) is 8.79. The number of nitrogens with zero attached hydrogens (tertiary/aromatic N) is 2. The van der Waals surface area contributed by atoms with Gasteiger partial charge in [-0.15, -0.1) is 0 Å². The predicted octanol–water partition coefficient (Wildman–Crippen LogP) is 3.00. The van der Waals surface area contributed by atoms with Crippen molar-refractivity contribution >= 4 is 5.84 Å². The average molecular weight is 241 g/mol. The van der Waals surface area contributed by atoms with Crippen LogP contribution in [-0.2, 0) is 6.54 Å². The Labute approximate surface area is 108 Å². The molecule has 3 nitrogen and oxygen atoms in total. The van der Waals surface area contributed by atoms with Crippen LogP contribution >= 0.6 is 0 Å². The lowest BCUT2D eigenvalue weighted by atomic mass is 9.88. The van der Waals surface area contributed by atoms with Crippen molar-refractivity contribution in [3.8, 4) is 6.07 Å². The highest BCUT2D eigenvalue weighted by atomic mass is 14.9.